The third kappa shape index (κ3) is 5.17. The molecule has 0 heterocycles. The van der Waals surface area contributed by atoms with E-state index in [9.17, 15) is 10.1 Å². The Bertz CT molecular complexity index is 1100. The van der Waals surface area contributed by atoms with Gasteiger partial charge in [-0.2, -0.15) is 5.26 Å². The molecule has 3 aromatic carbocycles. The molecule has 0 unspecified atom stereocenters. The Balaban J connectivity index is 1.86. The predicted octanol–water partition coefficient (Wildman–Crippen LogP) is 6.29. The van der Waals surface area contributed by atoms with Gasteiger partial charge in [0.2, 0.25) is 0 Å². The number of benzene rings is 3. The number of rotatable bonds is 5. The second-order valence-electron chi connectivity index (χ2n) is 5.98. The van der Waals surface area contributed by atoms with Crippen LogP contribution >= 0.6 is 23.2 Å². The molecule has 0 atom stereocenters. The van der Waals surface area contributed by atoms with Crippen molar-refractivity contribution in [1.82, 2.24) is 0 Å². The van der Waals surface area contributed by atoms with Gasteiger partial charge in [0.1, 0.15) is 0 Å². The quantitative estimate of drug-likeness (QED) is 0.209. The van der Waals surface area contributed by atoms with Gasteiger partial charge < -0.3 is 9.47 Å². The van der Waals surface area contributed by atoms with Gasteiger partial charge in [0, 0.05) is 10.0 Å². The van der Waals surface area contributed by atoms with Crippen molar-refractivity contribution >= 4 is 40.8 Å². The summed E-state index contributed by atoms with van der Waals surface area (Å²) in [7, 11) is 1.48. The van der Waals surface area contributed by atoms with Crippen molar-refractivity contribution < 1.29 is 14.3 Å². The fourth-order valence-electron chi connectivity index (χ4n) is 2.58. The van der Waals surface area contributed by atoms with Crippen LogP contribution in [0.25, 0.3) is 11.6 Å². The lowest BCUT2D eigenvalue weighted by molar-refractivity contribution is 0.0729. The molecule has 0 aliphatic rings. The Morgan fingerprint density at radius 3 is 2.03 bits per heavy atom. The lowest BCUT2D eigenvalue weighted by Crippen LogP contribution is -2.09. The standard InChI is InChI=1S/C23H15Cl2NO3/c1-28-22-13-15(12-18(14-26)16-3-7-19(24)8-4-16)2-11-21(22)29-23(27)17-5-9-20(25)10-6-17/h2-13H,1H3/b18-12+. The summed E-state index contributed by atoms with van der Waals surface area (Å²) in [6.07, 6.45) is 1.72. The molecule has 0 aromatic heterocycles. The van der Waals surface area contributed by atoms with Crippen molar-refractivity contribution in [3.63, 3.8) is 0 Å². The molecule has 0 saturated carbocycles. The van der Waals surface area contributed by atoms with Gasteiger partial charge in [0.15, 0.2) is 11.5 Å². The van der Waals surface area contributed by atoms with Crippen molar-refractivity contribution in [2.45, 2.75) is 0 Å². The highest BCUT2D eigenvalue weighted by Crippen LogP contribution is 2.31. The smallest absolute Gasteiger partial charge is 0.343 e. The molecule has 6 heteroatoms. The first-order chi connectivity index (χ1) is 14.0. The van der Waals surface area contributed by atoms with Crippen LogP contribution in [-0.2, 0) is 0 Å². The molecule has 29 heavy (non-hydrogen) atoms. The Hall–Kier alpha value is -3.26. The molecule has 144 valence electrons. The van der Waals surface area contributed by atoms with E-state index in [1.54, 1.807) is 72.8 Å². The van der Waals surface area contributed by atoms with Gasteiger partial charge in [-0.05, 0) is 65.7 Å². The Morgan fingerprint density at radius 2 is 1.48 bits per heavy atom. The molecule has 0 aliphatic carbocycles. The Morgan fingerprint density at radius 1 is 0.897 bits per heavy atom. The number of carbonyl (C=O) groups is 1. The van der Waals surface area contributed by atoms with Crippen molar-refractivity contribution in [3.05, 3.63) is 93.5 Å². The fourth-order valence-corrected chi connectivity index (χ4v) is 2.83. The minimum absolute atomic E-state index is 0.273. The topological polar surface area (TPSA) is 59.3 Å². The molecule has 0 radical (unpaired) electrons. The average molecular weight is 424 g/mol. The molecular formula is C23H15Cl2NO3. The normalized spacial score (nSPS) is 10.9. The van der Waals surface area contributed by atoms with E-state index < -0.39 is 5.97 Å². The Labute approximate surface area is 178 Å². The molecule has 0 spiro atoms. The lowest BCUT2D eigenvalue weighted by atomic mass is 10.0. The van der Waals surface area contributed by atoms with Crippen LogP contribution in [0.15, 0.2) is 66.7 Å². The van der Waals surface area contributed by atoms with Gasteiger partial charge in [-0.1, -0.05) is 41.4 Å². The summed E-state index contributed by atoms with van der Waals surface area (Å²) in [5.74, 6) is 0.117. The monoisotopic (exact) mass is 423 g/mol. The SMILES string of the molecule is COc1cc(/C=C(\C#N)c2ccc(Cl)cc2)ccc1OC(=O)c1ccc(Cl)cc1. The highest BCUT2D eigenvalue weighted by atomic mass is 35.5. The average Bonchev–Trinajstić information content (AvgIpc) is 2.74. The van der Waals surface area contributed by atoms with Crippen LogP contribution in [0.4, 0.5) is 0 Å². The predicted molar refractivity (Wildman–Crippen MR) is 114 cm³/mol. The summed E-state index contributed by atoms with van der Waals surface area (Å²) in [5.41, 5.74) is 2.30. The second-order valence-corrected chi connectivity index (χ2v) is 6.86. The summed E-state index contributed by atoms with van der Waals surface area (Å²) < 4.78 is 10.8. The zero-order valence-corrected chi connectivity index (χ0v) is 16.9. The zero-order chi connectivity index (χ0) is 20.8. The summed E-state index contributed by atoms with van der Waals surface area (Å²) >= 11 is 11.7. The van der Waals surface area contributed by atoms with Gasteiger partial charge in [0.05, 0.1) is 24.3 Å². The van der Waals surface area contributed by atoms with E-state index in [-0.39, 0.29) is 5.75 Å². The molecule has 0 bridgehead atoms. The number of ether oxygens (including phenoxy) is 2. The molecule has 0 amide bonds. The van der Waals surface area contributed by atoms with E-state index in [0.29, 0.717) is 26.9 Å². The minimum Gasteiger partial charge on any atom is -0.493 e. The molecule has 3 aromatic rings. The molecule has 4 nitrogen and oxygen atoms in total. The van der Waals surface area contributed by atoms with Crippen LogP contribution in [0.1, 0.15) is 21.5 Å². The number of methoxy groups -OCH3 is 1. The van der Waals surface area contributed by atoms with E-state index in [0.717, 1.165) is 11.1 Å². The molecular weight excluding hydrogens is 409 g/mol. The zero-order valence-electron chi connectivity index (χ0n) is 15.4. The van der Waals surface area contributed by atoms with Crippen LogP contribution in [0.5, 0.6) is 11.5 Å². The first kappa shape index (κ1) is 20.5. The van der Waals surface area contributed by atoms with Crippen molar-refractivity contribution in [3.8, 4) is 17.6 Å². The van der Waals surface area contributed by atoms with Crippen LogP contribution in [0.2, 0.25) is 10.0 Å². The maximum atomic E-state index is 12.3. The van der Waals surface area contributed by atoms with Crippen molar-refractivity contribution in [2.75, 3.05) is 7.11 Å². The van der Waals surface area contributed by atoms with Crippen molar-refractivity contribution in [2.24, 2.45) is 0 Å². The number of hydrogen-bond acceptors (Lipinski definition) is 4. The van der Waals surface area contributed by atoms with E-state index >= 15 is 0 Å². The first-order valence-electron chi connectivity index (χ1n) is 8.53. The third-order valence-electron chi connectivity index (χ3n) is 4.06. The maximum Gasteiger partial charge on any atom is 0.343 e. The highest BCUT2D eigenvalue weighted by Gasteiger charge is 2.13. The Kier molecular flexibility index (Phi) is 6.56. The van der Waals surface area contributed by atoms with Gasteiger partial charge in [-0.15, -0.1) is 0 Å². The van der Waals surface area contributed by atoms with Gasteiger partial charge in [0.25, 0.3) is 0 Å². The number of nitriles is 1. The highest BCUT2D eigenvalue weighted by molar-refractivity contribution is 6.30. The lowest BCUT2D eigenvalue weighted by Gasteiger charge is -2.10. The first-order valence-corrected chi connectivity index (χ1v) is 9.29. The van der Waals surface area contributed by atoms with Gasteiger partial charge in [-0.25, -0.2) is 4.79 Å². The minimum atomic E-state index is -0.526. The van der Waals surface area contributed by atoms with Crippen molar-refractivity contribution in [1.29, 1.82) is 5.26 Å². The maximum absolute atomic E-state index is 12.3. The van der Waals surface area contributed by atoms with E-state index in [1.807, 2.05) is 0 Å². The second kappa shape index (κ2) is 9.29. The van der Waals surface area contributed by atoms with E-state index in [2.05, 4.69) is 6.07 Å². The molecule has 0 fully saturated rings. The summed E-state index contributed by atoms with van der Waals surface area (Å²) in [6, 6.07) is 20.6. The number of nitrogens with zero attached hydrogens (tertiary/aromatic N) is 1. The van der Waals surface area contributed by atoms with E-state index in [1.165, 1.54) is 7.11 Å². The van der Waals surface area contributed by atoms with Gasteiger partial charge >= 0.3 is 5.97 Å². The molecule has 0 saturated heterocycles. The number of carbonyl (C=O) groups excluding carboxylic acids is 1. The molecule has 0 N–H and O–H groups in total. The summed E-state index contributed by atoms with van der Waals surface area (Å²) in [4.78, 5) is 12.3. The summed E-state index contributed by atoms with van der Waals surface area (Å²) in [5, 5.41) is 10.6. The molecule has 3 rings (SSSR count). The number of hydrogen-bond donors (Lipinski definition) is 0. The van der Waals surface area contributed by atoms with Crippen LogP contribution in [-0.4, -0.2) is 13.1 Å². The van der Waals surface area contributed by atoms with Crippen LogP contribution in [0, 0.1) is 11.3 Å². The fraction of sp³-hybridized carbons (Fsp3) is 0.0435. The van der Waals surface area contributed by atoms with Gasteiger partial charge in [-0.3, -0.25) is 0 Å². The third-order valence-corrected chi connectivity index (χ3v) is 4.56. The van der Waals surface area contributed by atoms with Crippen LogP contribution in [0.3, 0.4) is 0 Å². The largest absolute Gasteiger partial charge is 0.493 e. The number of esters is 1. The number of allylic oxidation sites excluding steroid dienone is 1. The summed E-state index contributed by atoms with van der Waals surface area (Å²) in [6.45, 7) is 0. The van der Waals surface area contributed by atoms with E-state index in [4.69, 9.17) is 32.7 Å². The molecule has 0 aliphatic heterocycles. The van der Waals surface area contributed by atoms with Crippen LogP contribution < -0.4 is 9.47 Å². The number of halogens is 2.